The summed E-state index contributed by atoms with van der Waals surface area (Å²) in [5, 5.41) is 15.5. The van der Waals surface area contributed by atoms with Gasteiger partial charge in [-0.25, -0.2) is 0 Å². The zero-order valence-corrected chi connectivity index (χ0v) is 26.7. The summed E-state index contributed by atoms with van der Waals surface area (Å²) in [6.45, 7) is 12.6. The maximum Gasteiger partial charge on any atom is 0.482 e. The van der Waals surface area contributed by atoms with Crippen molar-refractivity contribution in [1.29, 1.82) is 5.26 Å². The quantitative estimate of drug-likeness (QED) is 0.219. The maximum atomic E-state index is 13.2. The Labute approximate surface area is 261 Å². The molecule has 1 aliphatic heterocycles. The predicted molar refractivity (Wildman–Crippen MR) is 170 cm³/mol. The average molecular weight is 598 g/mol. The van der Waals surface area contributed by atoms with Gasteiger partial charge in [0.05, 0.1) is 30.7 Å². The fraction of sp³-hybridized carbons (Fsp3) is 0.514. The molecular formula is C35H44BN3O5. The van der Waals surface area contributed by atoms with Crippen LogP contribution in [0.25, 0.3) is 6.08 Å². The van der Waals surface area contributed by atoms with Gasteiger partial charge in [0.15, 0.2) is 0 Å². The van der Waals surface area contributed by atoms with Crippen molar-refractivity contribution in [1.82, 2.24) is 10.6 Å². The second kappa shape index (κ2) is 12.4. The first-order chi connectivity index (χ1) is 20.8. The molecule has 2 N–H and O–H groups in total. The van der Waals surface area contributed by atoms with Crippen LogP contribution in [0.15, 0.2) is 60.2 Å². The lowest BCUT2D eigenvalue weighted by molar-refractivity contribution is -0.199. The van der Waals surface area contributed by atoms with Crippen LogP contribution < -0.4 is 15.4 Å². The molecule has 2 aromatic rings. The Balaban J connectivity index is 1.20. The lowest BCUT2D eigenvalue weighted by Gasteiger charge is -2.64. The fourth-order valence-corrected chi connectivity index (χ4v) is 7.11. The number of hydrogen-bond acceptors (Lipinski definition) is 6. The van der Waals surface area contributed by atoms with Gasteiger partial charge in [0.1, 0.15) is 17.4 Å². The lowest BCUT2D eigenvalue weighted by Crippen LogP contribution is -2.65. The highest BCUT2D eigenvalue weighted by molar-refractivity contribution is 6.48. The first-order valence-electron chi connectivity index (χ1n) is 15.6. The van der Waals surface area contributed by atoms with Crippen LogP contribution in [0.1, 0.15) is 71.9 Å². The second-order valence-electron chi connectivity index (χ2n) is 14.2. The van der Waals surface area contributed by atoms with Crippen molar-refractivity contribution in [3.05, 3.63) is 71.3 Å². The number of ether oxygens (including phenoxy) is 1. The molecule has 8 nitrogen and oxygen atoms in total. The van der Waals surface area contributed by atoms with Crippen molar-refractivity contribution in [3.63, 3.8) is 0 Å². The molecule has 4 aliphatic rings. The molecule has 1 saturated heterocycles. The summed E-state index contributed by atoms with van der Waals surface area (Å²) < 4.78 is 19.2. The van der Waals surface area contributed by atoms with Crippen LogP contribution in [-0.4, -0.2) is 48.7 Å². The third-order valence-corrected chi connectivity index (χ3v) is 9.56. The highest BCUT2D eigenvalue weighted by atomic mass is 16.7. The molecule has 2 bridgehead atoms. The smallest absolute Gasteiger partial charge is 0.482 e. The highest BCUT2D eigenvalue weighted by Gasteiger charge is 2.68. The second-order valence-corrected chi connectivity index (χ2v) is 14.2. The van der Waals surface area contributed by atoms with Crippen molar-refractivity contribution in [3.8, 4) is 11.8 Å². The Morgan fingerprint density at radius 3 is 2.57 bits per heavy atom. The number of amides is 2. The normalized spacial score (nSPS) is 26.1. The van der Waals surface area contributed by atoms with E-state index in [-0.39, 0.29) is 47.6 Å². The van der Waals surface area contributed by atoms with Gasteiger partial charge < -0.3 is 24.7 Å². The topological polar surface area (TPSA) is 110 Å². The first-order valence-corrected chi connectivity index (χ1v) is 15.6. The SMILES string of the molecule is CC(C)(C)NC(=O)/C(C#N)=C\c1cccc(OCCC(=O)N[C@@H](Cc2ccccc2)B2O[C@@H]3C[C@@H]4C[C@@H](C4(C)C)[C@]3(C)O2)c1. The first kappa shape index (κ1) is 31.8. The summed E-state index contributed by atoms with van der Waals surface area (Å²) in [5.41, 5.74) is 1.19. The van der Waals surface area contributed by atoms with Gasteiger partial charge in [-0.3, -0.25) is 9.59 Å². The number of nitrogens with zero attached hydrogens (tertiary/aromatic N) is 1. The fourth-order valence-electron chi connectivity index (χ4n) is 7.11. The number of nitriles is 1. The van der Waals surface area contributed by atoms with E-state index >= 15 is 0 Å². The minimum Gasteiger partial charge on any atom is -0.493 e. The van der Waals surface area contributed by atoms with Crippen molar-refractivity contribution in [2.45, 2.75) is 90.4 Å². The van der Waals surface area contributed by atoms with Crippen LogP contribution in [0.4, 0.5) is 0 Å². The molecule has 9 heteroatoms. The van der Waals surface area contributed by atoms with Crippen LogP contribution in [0, 0.1) is 28.6 Å². The third kappa shape index (κ3) is 6.87. The van der Waals surface area contributed by atoms with Crippen LogP contribution in [0.3, 0.4) is 0 Å². The summed E-state index contributed by atoms with van der Waals surface area (Å²) in [5.74, 6) is 0.703. The van der Waals surface area contributed by atoms with E-state index < -0.39 is 18.6 Å². The number of nitrogens with one attached hydrogen (secondary N) is 2. The number of carbonyl (C=O) groups is 2. The van der Waals surface area contributed by atoms with Crippen LogP contribution >= 0.6 is 0 Å². The number of carbonyl (C=O) groups excluding carboxylic acids is 2. The molecule has 0 unspecified atom stereocenters. The van der Waals surface area contributed by atoms with Crippen molar-refractivity contribution in [2.75, 3.05) is 6.61 Å². The predicted octanol–water partition coefficient (Wildman–Crippen LogP) is 5.27. The maximum absolute atomic E-state index is 13.2. The highest BCUT2D eigenvalue weighted by Crippen LogP contribution is 2.65. The van der Waals surface area contributed by atoms with Gasteiger partial charge in [0.2, 0.25) is 5.91 Å². The Kier molecular flexibility index (Phi) is 8.97. The zero-order valence-electron chi connectivity index (χ0n) is 26.7. The molecule has 2 amide bonds. The Bertz CT molecular complexity index is 1450. The monoisotopic (exact) mass is 597 g/mol. The summed E-state index contributed by atoms with van der Waals surface area (Å²) in [4.78, 5) is 25.7. The molecule has 2 aromatic carbocycles. The van der Waals surface area contributed by atoms with Crippen molar-refractivity contribution < 1.29 is 23.6 Å². The minimum atomic E-state index is -0.529. The number of rotatable bonds is 10. The van der Waals surface area contributed by atoms with Gasteiger partial charge in [-0.2, -0.15) is 5.26 Å². The van der Waals surface area contributed by atoms with Crippen molar-refractivity contribution in [2.24, 2.45) is 17.3 Å². The molecular weight excluding hydrogens is 553 g/mol. The largest absolute Gasteiger partial charge is 0.493 e. The Hall–Kier alpha value is -3.61. The standard InChI is InChI=1S/C35H44BN3O5/c1-33(2,3)39-32(41)25(22-37)17-24-13-10-14-27(18-24)42-16-15-31(40)38-30(19-23-11-8-7-9-12-23)36-43-29-21-26-20-28(34(26,4)5)35(29,6)44-36/h7-14,17-18,26,28-30H,15-16,19-21H2,1-6H3,(H,38,40)(H,39,41)/b25-17-/t26-,28-,29+,30-,35-/m0/s1. The third-order valence-electron chi connectivity index (χ3n) is 9.56. The molecule has 4 fully saturated rings. The molecule has 3 saturated carbocycles. The van der Waals surface area contributed by atoms with E-state index in [0.29, 0.717) is 29.6 Å². The molecule has 3 aliphatic carbocycles. The van der Waals surface area contributed by atoms with E-state index in [1.165, 1.54) is 12.5 Å². The van der Waals surface area contributed by atoms with Gasteiger partial charge in [-0.1, -0.05) is 56.3 Å². The minimum absolute atomic E-state index is 0.00623. The van der Waals surface area contributed by atoms with E-state index in [0.717, 1.165) is 12.0 Å². The lowest BCUT2D eigenvalue weighted by atomic mass is 9.43. The van der Waals surface area contributed by atoms with Crippen LogP contribution in [0.5, 0.6) is 5.75 Å². The molecule has 6 rings (SSSR count). The van der Waals surface area contributed by atoms with E-state index in [1.54, 1.807) is 24.3 Å². The van der Waals surface area contributed by atoms with Gasteiger partial charge >= 0.3 is 7.12 Å². The summed E-state index contributed by atoms with van der Waals surface area (Å²) >= 11 is 0. The summed E-state index contributed by atoms with van der Waals surface area (Å²) in [6, 6.07) is 19.2. The van der Waals surface area contributed by atoms with Gasteiger partial charge in [-0.15, -0.1) is 0 Å². The number of hydrogen-bond donors (Lipinski definition) is 2. The van der Waals surface area contributed by atoms with E-state index in [1.807, 2.05) is 45.0 Å². The van der Waals surface area contributed by atoms with Crippen molar-refractivity contribution >= 4 is 25.0 Å². The molecule has 44 heavy (non-hydrogen) atoms. The van der Waals surface area contributed by atoms with E-state index in [4.69, 9.17) is 14.0 Å². The van der Waals surface area contributed by atoms with Crippen LogP contribution in [-0.2, 0) is 25.3 Å². The van der Waals surface area contributed by atoms with Gasteiger partial charge in [0.25, 0.3) is 5.91 Å². The molecule has 1 heterocycles. The van der Waals surface area contributed by atoms with Gasteiger partial charge in [-0.05, 0) is 93.5 Å². The molecule has 0 aromatic heterocycles. The molecule has 5 atom stereocenters. The molecule has 0 radical (unpaired) electrons. The summed E-state index contributed by atoms with van der Waals surface area (Å²) in [6.07, 6.45) is 4.46. The Morgan fingerprint density at radius 2 is 1.89 bits per heavy atom. The van der Waals surface area contributed by atoms with E-state index in [9.17, 15) is 14.9 Å². The number of benzene rings is 2. The van der Waals surface area contributed by atoms with E-state index in [2.05, 4.69) is 43.5 Å². The average Bonchev–Trinajstić information content (AvgIpc) is 3.32. The molecule has 0 spiro atoms. The van der Waals surface area contributed by atoms with Gasteiger partial charge in [0, 0.05) is 5.54 Å². The summed E-state index contributed by atoms with van der Waals surface area (Å²) in [7, 11) is -0.529. The zero-order chi connectivity index (χ0) is 31.7. The molecule has 232 valence electrons. The Morgan fingerprint density at radius 1 is 1.14 bits per heavy atom. The van der Waals surface area contributed by atoms with Crippen LogP contribution in [0.2, 0.25) is 0 Å².